The van der Waals surface area contributed by atoms with Crippen LogP contribution in [-0.2, 0) is 6.54 Å². The Morgan fingerprint density at radius 3 is 3.08 bits per heavy atom. The lowest BCUT2D eigenvalue weighted by Crippen LogP contribution is -2.28. The van der Waals surface area contributed by atoms with Gasteiger partial charge in [0.15, 0.2) is 0 Å². The standard InChI is InChI=1S/C7H12N2O3/c10-5-6(11)3-8-4-7-1-2-9-12-7/h1-2,6,8,10-11H,3-5H2/t6-/m0/s1. The van der Waals surface area contributed by atoms with Gasteiger partial charge in [0.25, 0.3) is 0 Å². The van der Waals surface area contributed by atoms with Crippen molar-refractivity contribution in [3.63, 3.8) is 0 Å². The quantitative estimate of drug-likeness (QED) is 0.537. The van der Waals surface area contributed by atoms with E-state index in [9.17, 15) is 0 Å². The molecule has 0 aliphatic carbocycles. The normalized spacial score (nSPS) is 13.2. The van der Waals surface area contributed by atoms with Crippen molar-refractivity contribution in [1.82, 2.24) is 10.5 Å². The molecule has 1 atom stereocenters. The first kappa shape index (κ1) is 9.18. The molecule has 3 N–H and O–H groups in total. The van der Waals surface area contributed by atoms with Gasteiger partial charge >= 0.3 is 0 Å². The van der Waals surface area contributed by atoms with E-state index in [2.05, 4.69) is 10.5 Å². The fraction of sp³-hybridized carbons (Fsp3) is 0.571. The highest BCUT2D eigenvalue weighted by Crippen LogP contribution is 1.94. The van der Waals surface area contributed by atoms with Crippen LogP contribution >= 0.6 is 0 Å². The van der Waals surface area contributed by atoms with Crippen molar-refractivity contribution < 1.29 is 14.7 Å². The molecule has 0 aromatic carbocycles. The zero-order chi connectivity index (χ0) is 8.81. The highest BCUT2D eigenvalue weighted by Gasteiger charge is 2.01. The van der Waals surface area contributed by atoms with Gasteiger partial charge in [-0.05, 0) is 0 Å². The second-order valence-corrected chi connectivity index (χ2v) is 2.45. The summed E-state index contributed by atoms with van der Waals surface area (Å²) < 4.78 is 4.79. The number of aliphatic hydroxyl groups is 2. The van der Waals surface area contributed by atoms with Crippen LogP contribution in [0.5, 0.6) is 0 Å². The van der Waals surface area contributed by atoms with E-state index in [4.69, 9.17) is 14.7 Å². The number of hydrogen-bond acceptors (Lipinski definition) is 5. The van der Waals surface area contributed by atoms with Gasteiger partial charge in [-0.2, -0.15) is 0 Å². The summed E-state index contributed by atoms with van der Waals surface area (Å²) in [7, 11) is 0. The summed E-state index contributed by atoms with van der Waals surface area (Å²) in [4.78, 5) is 0. The first-order chi connectivity index (χ1) is 5.83. The summed E-state index contributed by atoms with van der Waals surface area (Å²) in [6.45, 7) is 0.623. The summed E-state index contributed by atoms with van der Waals surface area (Å²) >= 11 is 0. The largest absolute Gasteiger partial charge is 0.394 e. The molecule has 5 heteroatoms. The molecule has 0 bridgehead atoms. The van der Waals surface area contributed by atoms with Gasteiger partial charge in [-0.25, -0.2) is 0 Å². The van der Waals surface area contributed by atoms with Crippen LogP contribution in [-0.4, -0.2) is 34.6 Å². The Bertz CT molecular complexity index is 200. The third-order valence-electron chi connectivity index (χ3n) is 1.38. The molecule has 1 rings (SSSR count). The van der Waals surface area contributed by atoms with Gasteiger partial charge in [0.1, 0.15) is 5.76 Å². The minimum absolute atomic E-state index is 0.233. The van der Waals surface area contributed by atoms with Crippen molar-refractivity contribution in [1.29, 1.82) is 0 Å². The van der Waals surface area contributed by atoms with Crippen LogP contribution in [0.2, 0.25) is 0 Å². The van der Waals surface area contributed by atoms with Gasteiger partial charge in [0.05, 0.1) is 25.5 Å². The summed E-state index contributed by atoms with van der Waals surface area (Å²) in [5, 5.41) is 23.8. The first-order valence-corrected chi connectivity index (χ1v) is 3.72. The Labute approximate surface area is 70.0 Å². The van der Waals surface area contributed by atoms with Crippen LogP contribution in [0.3, 0.4) is 0 Å². The summed E-state index contributed by atoms with van der Waals surface area (Å²) in [5.74, 6) is 0.708. The molecular weight excluding hydrogens is 160 g/mol. The molecule has 1 aromatic heterocycles. The summed E-state index contributed by atoms with van der Waals surface area (Å²) in [6, 6.07) is 1.73. The number of nitrogens with zero attached hydrogens (tertiary/aromatic N) is 1. The van der Waals surface area contributed by atoms with Gasteiger partial charge in [0, 0.05) is 12.6 Å². The molecule has 1 heterocycles. The van der Waals surface area contributed by atoms with Gasteiger partial charge in [-0.3, -0.25) is 0 Å². The maximum Gasteiger partial charge on any atom is 0.150 e. The van der Waals surface area contributed by atoms with Crippen molar-refractivity contribution in [3.05, 3.63) is 18.0 Å². The zero-order valence-electron chi connectivity index (χ0n) is 6.60. The van der Waals surface area contributed by atoms with E-state index in [0.717, 1.165) is 0 Å². The average molecular weight is 172 g/mol. The molecule has 0 aliphatic heterocycles. The molecule has 0 amide bonds. The Balaban J connectivity index is 2.11. The fourth-order valence-corrected chi connectivity index (χ4v) is 0.760. The predicted octanol–water partition coefficient (Wildman–Crippen LogP) is -0.883. The van der Waals surface area contributed by atoms with Crippen molar-refractivity contribution in [2.24, 2.45) is 0 Å². The maximum atomic E-state index is 8.93. The van der Waals surface area contributed by atoms with Crippen LogP contribution in [0.15, 0.2) is 16.8 Å². The molecule has 68 valence electrons. The molecule has 12 heavy (non-hydrogen) atoms. The highest BCUT2D eigenvalue weighted by atomic mass is 16.5. The number of nitrogens with one attached hydrogen (secondary N) is 1. The molecule has 0 saturated carbocycles. The fourth-order valence-electron chi connectivity index (χ4n) is 0.760. The predicted molar refractivity (Wildman–Crippen MR) is 41.3 cm³/mol. The van der Waals surface area contributed by atoms with Crippen molar-refractivity contribution in [3.8, 4) is 0 Å². The summed E-state index contributed by atoms with van der Waals surface area (Å²) in [5.41, 5.74) is 0. The molecule has 0 radical (unpaired) electrons. The van der Waals surface area contributed by atoms with Crippen molar-refractivity contribution in [2.45, 2.75) is 12.6 Å². The van der Waals surface area contributed by atoms with Crippen LogP contribution < -0.4 is 5.32 Å². The monoisotopic (exact) mass is 172 g/mol. The highest BCUT2D eigenvalue weighted by molar-refractivity contribution is 4.91. The molecule has 1 aromatic rings. The zero-order valence-corrected chi connectivity index (χ0v) is 6.60. The van der Waals surface area contributed by atoms with E-state index in [1.54, 1.807) is 12.3 Å². The third-order valence-corrected chi connectivity index (χ3v) is 1.38. The number of aliphatic hydroxyl groups excluding tert-OH is 2. The van der Waals surface area contributed by atoms with Crippen LogP contribution in [0.25, 0.3) is 0 Å². The maximum absolute atomic E-state index is 8.93. The lowest BCUT2D eigenvalue weighted by Gasteiger charge is -2.06. The van der Waals surface area contributed by atoms with E-state index >= 15 is 0 Å². The Morgan fingerprint density at radius 2 is 2.50 bits per heavy atom. The van der Waals surface area contributed by atoms with Gasteiger partial charge in [0.2, 0.25) is 0 Å². The number of hydrogen-bond donors (Lipinski definition) is 3. The Kier molecular flexibility index (Phi) is 3.72. The van der Waals surface area contributed by atoms with E-state index in [-0.39, 0.29) is 6.61 Å². The molecule has 5 nitrogen and oxygen atoms in total. The average Bonchev–Trinajstić information content (AvgIpc) is 2.57. The summed E-state index contributed by atoms with van der Waals surface area (Å²) in [6.07, 6.45) is 0.840. The molecule has 0 saturated heterocycles. The van der Waals surface area contributed by atoms with Gasteiger partial charge < -0.3 is 20.1 Å². The van der Waals surface area contributed by atoms with E-state index in [1.807, 2.05) is 0 Å². The lowest BCUT2D eigenvalue weighted by atomic mass is 10.3. The van der Waals surface area contributed by atoms with Crippen LogP contribution in [0.4, 0.5) is 0 Å². The van der Waals surface area contributed by atoms with Crippen molar-refractivity contribution in [2.75, 3.05) is 13.2 Å². The van der Waals surface area contributed by atoms with Crippen molar-refractivity contribution >= 4 is 0 Å². The minimum atomic E-state index is -0.715. The molecule has 0 spiro atoms. The molecule has 0 fully saturated rings. The van der Waals surface area contributed by atoms with E-state index in [1.165, 1.54) is 0 Å². The second-order valence-electron chi connectivity index (χ2n) is 2.45. The number of aromatic nitrogens is 1. The topological polar surface area (TPSA) is 78.5 Å². The second kappa shape index (κ2) is 4.87. The van der Waals surface area contributed by atoms with Crippen LogP contribution in [0, 0.1) is 0 Å². The van der Waals surface area contributed by atoms with E-state index < -0.39 is 6.10 Å². The van der Waals surface area contributed by atoms with Gasteiger partial charge in [-0.15, -0.1) is 0 Å². The minimum Gasteiger partial charge on any atom is -0.394 e. The molecule has 0 aliphatic rings. The number of rotatable bonds is 5. The first-order valence-electron chi connectivity index (χ1n) is 3.72. The smallest absolute Gasteiger partial charge is 0.150 e. The lowest BCUT2D eigenvalue weighted by molar-refractivity contribution is 0.0936. The SMILES string of the molecule is OC[C@@H](O)CNCc1ccno1. The molecule has 0 unspecified atom stereocenters. The van der Waals surface area contributed by atoms with E-state index in [0.29, 0.717) is 18.8 Å². The van der Waals surface area contributed by atoms with Gasteiger partial charge in [-0.1, -0.05) is 5.16 Å². The Morgan fingerprint density at radius 1 is 1.67 bits per heavy atom. The third kappa shape index (κ3) is 3.00. The van der Waals surface area contributed by atoms with Crippen LogP contribution in [0.1, 0.15) is 5.76 Å². The Hall–Kier alpha value is -0.910. The molecular formula is C7H12N2O3.